The molecular formula is C20H21N7O. The zero-order valence-electron chi connectivity index (χ0n) is 15.4. The highest BCUT2D eigenvalue weighted by Crippen LogP contribution is 2.32. The minimum atomic E-state index is -0.0647. The van der Waals surface area contributed by atoms with Crippen LogP contribution in [0.3, 0.4) is 0 Å². The Balaban J connectivity index is 1.19. The van der Waals surface area contributed by atoms with E-state index in [4.69, 9.17) is 0 Å². The number of rotatable bonds is 3. The van der Waals surface area contributed by atoms with Crippen molar-refractivity contribution in [3.05, 3.63) is 60.3 Å². The molecule has 0 atom stereocenters. The van der Waals surface area contributed by atoms with Gasteiger partial charge in [-0.15, -0.1) is 5.10 Å². The highest BCUT2D eigenvalue weighted by atomic mass is 16.2. The molecule has 1 fully saturated rings. The molecular weight excluding hydrogens is 354 g/mol. The molecule has 2 N–H and O–H groups in total. The van der Waals surface area contributed by atoms with E-state index in [0.29, 0.717) is 24.1 Å². The molecule has 1 aromatic carbocycles. The molecule has 28 heavy (non-hydrogen) atoms. The summed E-state index contributed by atoms with van der Waals surface area (Å²) in [5.74, 6) is 1.57. The Labute approximate surface area is 161 Å². The van der Waals surface area contributed by atoms with Crippen LogP contribution in [0, 0.1) is 0 Å². The van der Waals surface area contributed by atoms with Crippen molar-refractivity contribution >= 4 is 22.7 Å². The quantitative estimate of drug-likeness (QED) is 0.576. The minimum Gasteiger partial charge on any atom is -0.361 e. The van der Waals surface area contributed by atoms with Gasteiger partial charge in [0.25, 0.3) is 5.78 Å². The van der Waals surface area contributed by atoms with E-state index < -0.39 is 0 Å². The summed E-state index contributed by atoms with van der Waals surface area (Å²) < 4.78 is 1.61. The first kappa shape index (κ1) is 16.7. The van der Waals surface area contributed by atoms with Gasteiger partial charge in [0.2, 0.25) is 0 Å². The molecule has 5 rings (SSSR count). The largest absolute Gasteiger partial charge is 0.361 e. The number of nitrogens with one attached hydrogen (secondary N) is 2. The fourth-order valence-corrected chi connectivity index (χ4v) is 3.98. The number of carbonyl (C=O) groups excluding carboxylic acids is 1. The van der Waals surface area contributed by atoms with E-state index in [1.165, 1.54) is 16.5 Å². The molecule has 0 aliphatic carbocycles. The highest BCUT2D eigenvalue weighted by molar-refractivity contribution is 5.83. The summed E-state index contributed by atoms with van der Waals surface area (Å²) in [6.45, 7) is 1.79. The van der Waals surface area contributed by atoms with Crippen LogP contribution in [0.1, 0.15) is 30.1 Å². The normalized spacial score (nSPS) is 15.4. The van der Waals surface area contributed by atoms with Gasteiger partial charge < -0.3 is 15.2 Å². The molecule has 0 unspecified atom stereocenters. The molecule has 0 radical (unpaired) electrons. The number of fused-ring (bicyclic) bond motifs is 2. The van der Waals surface area contributed by atoms with E-state index in [1.807, 2.05) is 11.1 Å². The monoisotopic (exact) mass is 375 g/mol. The number of aromatic amines is 1. The molecule has 0 bridgehead atoms. The van der Waals surface area contributed by atoms with Crippen molar-refractivity contribution in [3.63, 3.8) is 0 Å². The third-order valence-electron chi connectivity index (χ3n) is 5.41. The Kier molecular flexibility index (Phi) is 4.16. The Morgan fingerprint density at radius 3 is 2.96 bits per heavy atom. The van der Waals surface area contributed by atoms with E-state index in [2.05, 4.69) is 49.6 Å². The van der Waals surface area contributed by atoms with Crippen molar-refractivity contribution in [1.82, 2.24) is 34.8 Å². The van der Waals surface area contributed by atoms with Gasteiger partial charge in [0.15, 0.2) is 5.82 Å². The summed E-state index contributed by atoms with van der Waals surface area (Å²) in [6, 6.07) is 10.3. The number of piperidine rings is 1. The van der Waals surface area contributed by atoms with Crippen molar-refractivity contribution < 1.29 is 4.79 Å². The number of nitrogens with zero attached hydrogens (tertiary/aromatic N) is 5. The summed E-state index contributed by atoms with van der Waals surface area (Å²) in [6.07, 6.45) is 7.38. The predicted molar refractivity (Wildman–Crippen MR) is 105 cm³/mol. The summed E-state index contributed by atoms with van der Waals surface area (Å²) in [4.78, 5) is 26.1. The van der Waals surface area contributed by atoms with E-state index in [9.17, 15) is 4.79 Å². The third kappa shape index (κ3) is 3.06. The van der Waals surface area contributed by atoms with Crippen molar-refractivity contribution in [1.29, 1.82) is 0 Å². The summed E-state index contributed by atoms with van der Waals surface area (Å²) in [5, 5.41) is 8.53. The van der Waals surface area contributed by atoms with Gasteiger partial charge >= 0.3 is 6.03 Å². The van der Waals surface area contributed by atoms with Crippen LogP contribution >= 0.6 is 0 Å². The maximum Gasteiger partial charge on any atom is 0.317 e. The van der Waals surface area contributed by atoms with E-state index in [0.717, 1.165) is 25.9 Å². The smallest absolute Gasteiger partial charge is 0.317 e. The molecule has 1 aliphatic rings. The Hall–Kier alpha value is -3.42. The number of likely N-dealkylation sites (tertiary alicyclic amines) is 1. The van der Waals surface area contributed by atoms with Gasteiger partial charge in [0.1, 0.15) is 0 Å². The summed E-state index contributed by atoms with van der Waals surface area (Å²) >= 11 is 0. The first-order valence-corrected chi connectivity index (χ1v) is 9.53. The maximum atomic E-state index is 12.5. The van der Waals surface area contributed by atoms with Gasteiger partial charge in [-0.3, -0.25) is 0 Å². The SMILES string of the molecule is O=C(NCc1nc2ncccn2n1)N1CCC(c2cccc3[nH]ccc23)CC1. The molecule has 3 aromatic heterocycles. The molecule has 4 heterocycles. The summed E-state index contributed by atoms with van der Waals surface area (Å²) in [5.41, 5.74) is 2.55. The number of hydrogen-bond donors (Lipinski definition) is 2. The van der Waals surface area contributed by atoms with Crippen molar-refractivity contribution in [2.45, 2.75) is 25.3 Å². The average molecular weight is 375 g/mol. The van der Waals surface area contributed by atoms with Gasteiger partial charge in [-0.2, -0.15) is 4.98 Å². The molecule has 0 saturated carbocycles. The second kappa shape index (κ2) is 6.95. The van der Waals surface area contributed by atoms with Gasteiger partial charge in [-0.05, 0) is 42.5 Å². The first-order chi connectivity index (χ1) is 13.8. The number of hydrogen-bond acceptors (Lipinski definition) is 4. The van der Waals surface area contributed by atoms with Crippen LogP contribution in [0.4, 0.5) is 4.79 Å². The van der Waals surface area contributed by atoms with E-state index in [-0.39, 0.29) is 6.03 Å². The average Bonchev–Trinajstić information content (AvgIpc) is 3.38. The first-order valence-electron chi connectivity index (χ1n) is 9.53. The van der Waals surface area contributed by atoms with Crippen LogP contribution in [0.25, 0.3) is 16.7 Å². The molecule has 8 nitrogen and oxygen atoms in total. The van der Waals surface area contributed by atoms with Crippen molar-refractivity contribution in [2.24, 2.45) is 0 Å². The van der Waals surface area contributed by atoms with Crippen LogP contribution in [-0.2, 0) is 6.54 Å². The van der Waals surface area contributed by atoms with Gasteiger partial charge in [0.05, 0.1) is 6.54 Å². The van der Waals surface area contributed by atoms with Crippen LogP contribution in [0.5, 0.6) is 0 Å². The van der Waals surface area contributed by atoms with E-state index in [1.54, 1.807) is 23.0 Å². The van der Waals surface area contributed by atoms with Crippen LogP contribution in [0.2, 0.25) is 0 Å². The second-order valence-corrected chi connectivity index (χ2v) is 7.10. The van der Waals surface area contributed by atoms with Gasteiger partial charge in [-0.25, -0.2) is 14.3 Å². The van der Waals surface area contributed by atoms with Gasteiger partial charge in [0, 0.05) is 42.6 Å². The number of aromatic nitrogens is 5. The molecule has 142 valence electrons. The van der Waals surface area contributed by atoms with Crippen molar-refractivity contribution in [3.8, 4) is 0 Å². The minimum absolute atomic E-state index is 0.0647. The fourth-order valence-electron chi connectivity index (χ4n) is 3.98. The highest BCUT2D eigenvalue weighted by Gasteiger charge is 2.25. The van der Waals surface area contributed by atoms with Crippen LogP contribution in [-0.4, -0.2) is 48.6 Å². The lowest BCUT2D eigenvalue weighted by molar-refractivity contribution is 0.181. The number of H-pyrrole nitrogens is 1. The Morgan fingerprint density at radius 2 is 2.11 bits per heavy atom. The zero-order chi connectivity index (χ0) is 18.9. The lowest BCUT2D eigenvalue weighted by Gasteiger charge is -2.32. The molecule has 4 aromatic rings. The third-order valence-corrected chi connectivity index (χ3v) is 5.41. The summed E-state index contributed by atoms with van der Waals surface area (Å²) in [7, 11) is 0. The van der Waals surface area contributed by atoms with Crippen molar-refractivity contribution in [2.75, 3.05) is 13.1 Å². The number of amides is 2. The van der Waals surface area contributed by atoms with Crippen LogP contribution < -0.4 is 5.32 Å². The van der Waals surface area contributed by atoms with Crippen LogP contribution in [0.15, 0.2) is 48.9 Å². The zero-order valence-corrected chi connectivity index (χ0v) is 15.4. The molecule has 0 spiro atoms. The Morgan fingerprint density at radius 1 is 1.21 bits per heavy atom. The topological polar surface area (TPSA) is 91.2 Å². The second-order valence-electron chi connectivity index (χ2n) is 7.10. The lowest BCUT2D eigenvalue weighted by Crippen LogP contribution is -2.44. The molecule has 1 aliphatic heterocycles. The number of benzene rings is 1. The molecule has 2 amide bonds. The van der Waals surface area contributed by atoms with E-state index >= 15 is 0 Å². The predicted octanol–water partition coefficient (Wildman–Crippen LogP) is 2.69. The Bertz CT molecular complexity index is 1090. The molecule has 8 heteroatoms. The molecule has 1 saturated heterocycles. The standard InChI is InChI=1S/C20H21N7O/c28-20(23-13-18-24-19-22-8-2-10-27(19)25-18)26-11-6-14(7-12-26)15-3-1-4-17-16(15)5-9-21-17/h1-5,8-10,14,21H,6-7,11-13H2,(H,23,28). The number of carbonyl (C=O) groups is 1. The maximum absolute atomic E-state index is 12.5. The number of urea groups is 1. The van der Waals surface area contributed by atoms with Gasteiger partial charge in [-0.1, -0.05) is 12.1 Å². The fraction of sp³-hybridized carbons (Fsp3) is 0.300. The lowest BCUT2D eigenvalue weighted by atomic mass is 9.87.